The molecule has 206 valence electrons. The van der Waals surface area contributed by atoms with Crippen LogP contribution < -0.4 is 33.2 Å². The predicted molar refractivity (Wildman–Crippen MR) is 142 cm³/mol. The Morgan fingerprint density at radius 3 is 2.14 bits per heavy atom. The molecule has 14 heteroatoms. The number of benzene rings is 1. The van der Waals surface area contributed by atoms with Crippen molar-refractivity contribution in [3.8, 4) is 0 Å². The lowest BCUT2D eigenvalue weighted by Gasteiger charge is -2.26. The van der Waals surface area contributed by atoms with Crippen molar-refractivity contribution in [2.75, 3.05) is 12.3 Å². The SMILES string of the molecule is C[C@@H](O)[C@H](NC(=O)[C@@H](N)CCS)C(=O)N[C@H](Cc1ccccc1)C(=O)N[C@@H](CCCN=C(N)N)C(=O)O. The quantitative estimate of drug-likeness (QED) is 0.0481. The van der Waals surface area contributed by atoms with Gasteiger partial charge < -0.3 is 43.4 Å². The van der Waals surface area contributed by atoms with E-state index in [0.29, 0.717) is 11.3 Å². The second kappa shape index (κ2) is 16.4. The molecular weight excluding hydrogens is 502 g/mol. The molecule has 11 N–H and O–H groups in total. The number of thiol groups is 1. The Hall–Kier alpha value is -3.36. The number of amides is 3. The monoisotopic (exact) mass is 539 g/mol. The van der Waals surface area contributed by atoms with E-state index in [1.807, 2.05) is 0 Å². The lowest BCUT2D eigenvalue weighted by molar-refractivity contribution is -0.142. The van der Waals surface area contributed by atoms with E-state index in [4.69, 9.17) is 17.2 Å². The maximum absolute atomic E-state index is 13.1. The third-order valence-corrected chi connectivity index (χ3v) is 5.57. The smallest absolute Gasteiger partial charge is 0.326 e. The van der Waals surface area contributed by atoms with Crippen LogP contribution in [0, 0.1) is 0 Å². The van der Waals surface area contributed by atoms with Crippen LogP contribution in [0.1, 0.15) is 31.7 Å². The zero-order chi connectivity index (χ0) is 28.0. The summed E-state index contributed by atoms with van der Waals surface area (Å²) >= 11 is 4.03. The Bertz CT molecular complexity index is 927. The fraction of sp³-hybridized carbons (Fsp3) is 0.522. The standard InChI is InChI=1S/C23H37N7O6S/c1-13(31)18(30-19(32)15(24)9-11-37)21(34)29-17(12-14-6-3-2-4-7-14)20(33)28-16(22(35)36)8-5-10-27-23(25)26/h2-4,6-7,13,15-18,31,37H,5,8-12,24H2,1H3,(H,28,33)(H,29,34)(H,30,32)(H,35,36)(H4,25,26,27)/t13-,15+,16+,17-,18+/m1/s1. The largest absolute Gasteiger partial charge is 0.480 e. The van der Waals surface area contributed by atoms with E-state index >= 15 is 0 Å². The van der Waals surface area contributed by atoms with Crippen LogP contribution in [-0.4, -0.2) is 82.4 Å². The summed E-state index contributed by atoms with van der Waals surface area (Å²) in [5, 5.41) is 27.0. The number of nitrogens with zero attached hydrogens (tertiary/aromatic N) is 1. The summed E-state index contributed by atoms with van der Waals surface area (Å²) < 4.78 is 0. The summed E-state index contributed by atoms with van der Waals surface area (Å²) in [6.45, 7) is 1.48. The average molecular weight is 540 g/mol. The molecule has 0 spiro atoms. The molecule has 3 amide bonds. The second-order valence-corrected chi connectivity index (χ2v) is 8.89. The number of carboxylic acid groups (broad SMARTS) is 1. The van der Waals surface area contributed by atoms with Gasteiger partial charge in [0.2, 0.25) is 17.7 Å². The molecule has 0 aliphatic rings. The number of carbonyl (C=O) groups is 4. The summed E-state index contributed by atoms with van der Waals surface area (Å²) in [6, 6.07) is 3.93. The van der Waals surface area contributed by atoms with Gasteiger partial charge in [-0.2, -0.15) is 12.6 Å². The lowest BCUT2D eigenvalue weighted by Crippen LogP contribution is -2.60. The van der Waals surface area contributed by atoms with Crippen molar-refractivity contribution in [3.05, 3.63) is 35.9 Å². The first-order valence-electron chi connectivity index (χ1n) is 11.7. The number of nitrogens with two attached hydrogens (primary N) is 3. The van der Waals surface area contributed by atoms with Crippen molar-refractivity contribution in [1.82, 2.24) is 16.0 Å². The molecule has 1 rings (SSSR count). The van der Waals surface area contributed by atoms with Crippen LogP contribution in [0.25, 0.3) is 0 Å². The lowest BCUT2D eigenvalue weighted by atomic mass is 10.0. The minimum Gasteiger partial charge on any atom is -0.480 e. The van der Waals surface area contributed by atoms with Gasteiger partial charge in [-0.15, -0.1) is 0 Å². The van der Waals surface area contributed by atoms with Crippen LogP contribution in [-0.2, 0) is 25.6 Å². The van der Waals surface area contributed by atoms with Gasteiger partial charge >= 0.3 is 5.97 Å². The topological polar surface area (TPSA) is 235 Å². The Balaban J connectivity index is 3.05. The molecule has 37 heavy (non-hydrogen) atoms. The molecule has 13 nitrogen and oxygen atoms in total. The molecule has 0 aromatic heterocycles. The molecule has 0 bridgehead atoms. The summed E-state index contributed by atoms with van der Waals surface area (Å²) in [7, 11) is 0. The number of rotatable bonds is 16. The number of hydrogen-bond acceptors (Lipinski definition) is 8. The van der Waals surface area contributed by atoms with Crippen LogP contribution in [0.4, 0.5) is 0 Å². The van der Waals surface area contributed by atoms with Gasteiger partial charge in [-0.1, -0.05) is 30.3 Å². The summed E-state index contributed by atoms with van der Waals surface area (Å²) in [5.74, 6) is -3.31. The first kappa shape index (κ1) is 31.7. The highest BCUT2D eigenvalue weighted by Gasteiger charge is 2.32. The molecular formula is C23H37N7O6S. The van der Waals surface area contributed by atoms with Gasteiger partial charge in [0.25, 0.3) is 0 Å². The summed E-state index contributed by atoms with van der Waals surface area (Å²) in [4.78, 5) is 54.0. The second-order valence-electron chi connectivity index (χ2n) is 8.44. The number of aliphatic hydroxyl groups excluding tert-OH is 1. The fourth-order valence-electron chi connectivity index (χ4n) is 3.29. The molecule has 0 saturated heterocycles. The highest BCUT2D eigenvalue weighted by Crippen LogP contribution is 2.07. The minimum atomic E-state index is -1.40. The number of carbonyl (C=O) groups excluding carboxylic acids is 3. The van der Waals surface area contributed by atoms with Gasteiger partial charge in [0.1, 0.15) is 18.1 Å². The molecule has 0 heterocycles. The van der Waals surface area contributed by atoms with Crippen molar-refractivity contribution in [2.24, 2.45) is 22.2 Å². The molecule has 5 atom stereocenters. The van der Waals surface area contributed by atoms with E-state index in [1.165, 1.54) is 6.92 Å². The third-order valence-electron chi connectivity index (χ3n) is 5.32. The number of aliphatic hydroxyl groups is 1. The van der Waals surface area contributed by atoms with Crippen LogP contribution >= 0.6 is 12.6 Å². The highest BCUT2D eigenvalue weighted by molar-refractivity contribution is 7.80. The molecule has 0 unspecified atom stereocenters. The Labute approximate surface area is 221 Å². The summed E-state index contributed by atoms with van der Waals surface area (Å²) in [5.41, 5.74) is 17.0. The molecule has 0 saturated carbocycles. The number of aliphatic carboxylic acids is 1. The van der Waals surface area contributed by atoms with Gasteiger partial charge in [0, 0.05) is 13.0 Å². The maximum atomic E-state index is 13.1. The van der Waals surface area contributed by atoms with Gasteiger partial charge in [-0.05, 0) is 37.5 Å². The van der Waals surface area contributed by atoms with Gasteiger partial charge in [0.05, 0.1) is 12.1 Å². The Morgan fingerprint density at radius 2 is 1.59 bits per heavy atom. The number of guanidine groups is 1. The van der Waals surface area contributed by atoms with E-state index in [2.05, 4.69) is 33.6 Å². The van der Waals surface area contributed by atoms with Crippen molar-refractivity contribution < 1.29 is 29.4 Å². The average Bonchev–Trinajstić information content (AvgIpc) is 2.83. The Morgan fingerprint density at radius 1 is 0.973 bits per heavy atom. The molecule has 0 fully saturated rings. The van der Waals surface area contributed by atoms with Crippen molar-refractivity contribution in [3.63, 3.8) is 0 Å². The predicted octanol–water partition coefficient (Wildman–Crippen LogP) is -2.15. The number of hydrogen-bond donors (Lipinski definition) is 9. The molecule has 1 aromatic carbocycles. The van der Waals surface area contributed by atoms with Crippen LogP contribution in [0.3, 0.4) is 0 Å². The highest BCUT2D eigenvalue weighted by atomic mass is 32.1. The van der Waals surface area contributed by atoms with Crippen molar-refractivity contribution >= 4 is 42.3 Å². The zero-order valence-corrected chi connectivity index (χ0v) is 21.6. The van der Waals surface area contributed by atoms with E-state index in [1.54, 1.807) is 30.3 Å². The first-order valence-corrected chi connectivity index (χ1v) is 12.4. The van der Waals surface area contributed by atoms with Gasteiger partial charge in [-0.25, -0.2) is 4.79 Å². The van der Waals surface area contributed by atoms with Gasteiger partial charge in [-0.3, -0.25) is 19.4 Å². The van der Waals surface area contributed by atoms with E-state index in [0.717, 1.165) is 0 Å². The Kier molecular flexibility index (Phi) is 14.0. The van der Waals surface area contributed by atoms with Crippen LogP contribution in [0.15, 0.2) is 35.3 Å². The molecule has 0 radical (unpaired) electrons. The third kappa shape index (κ3) is 11.9. The number of carboxylic acids is 1. The van der Waals surface area contributed by atoms with E-state index < -0.39 is 54.0 Å². The summed E-state index contributed by atoms with van der Waals surface area (Å²) in [6.07, 6.45) is -0.706. The minimum absolute atomic E-state index is 0.0262. The molecule has 0 aliphatic carbocycles. The number of nitrogens with one attached hydrogen (secondary N) is 3. The maximum Gasteiger partial charge on any atom is 0.326 e. The first-order chi connectivity index (χ1) is 17.5. The van der Waals surface area contributed by atoms with Crippen LogP contribution in [0.5, 0.6) is 0 Å². The fourth-order valence-corrected chi connectivity index (χ4v) is 3.57. The van der Waals surface area contributed by atoms with E-state index in [9.17, 15) is 29.4 Å². The van der Waals surface area contributed by atoms with Crippen LogP contribution in [0.2, 0.25) is 0 Å². The zero-order valence-electron chi connectivity index (χ0n) is 20.7. The van der Waals surface area contributed by atoms with Crippen molar-refractivity contribution in [2.45, 2.75) is 62.9 Å². The molecule has 0 aliphatic heterocycles. The molecule has 1 aromatic rings. The number of aliphatic imine (C=N–C) groups is 1. The normalized spacial score (nSPS) is 14.8. The van der Waals surface area contributed by atoms with E-state index in [-0.39, 0.29) is 38.2 Å². The van der Waals surface area contributed by atoms with Crippen molar-refractivity contribution in [1.29, 1.82) is 0 Å². The van der Waals surface area contributed by atoms with Gasteiger partial charge in [0.15, 0.2) is 5.96 Å².